The van der Waals surface area contributed by atoms with Gasteiger partial charge in [-0.3, -0.25) is 0 Å². The lowest BCUT2D eigenvalue weighted by Crippen LogP contribution is -2.06. The summed E-state index contributed by atoms with van der Waals surface area (Å²) >= 11 is 12.2. The van der Waals surface area contributed by atoms with Crippen LogP contribution in [0.15, 0.2) is 75.8 Å². The Labute approximate surface area is 159 Å². The zero-order chi connectivity index (χ0) is 18.1. The third-order valence-electron chi connectivity index (χ3n) is 3.85. The molecule has 1 aliphatic heterocycles. The van der Waals surface area contributed by atoms with Crippen LogP contribution in [-0.2, 0) is 9.63 Å². The van der Waals surface area contributed by atoms with Gasteiger partial charge in [0.25, 0.3) is 0 Å². The van der Waals surface area contributed by atoms with Crippen molar-refractivity contribution >= 4 is 41.0 Å². The molecule has 2 aromatic carbocycles. The second-order valence-electron chi connectivity index (χ2n) is 5.57. The van der Waals surface area contributed by atoms with Gasteiger partial charge < -0.3 is 9.25 Å². The monoisotopic (exact) mass is 383 g/mol. The largest absolute Gasteiger partial charge is 0.457 e. The average Bonchev–Trinajstić information content (AvgIpc) is 3.26. The Morgan fingerprint density at radius 1 is 0.962 bits per heavy atom. The highest BCUT2D eigenvalue weighted by Gasteiger charge is 2.27. The van der Waals surface area contributed by atoms with Crippen molar-refractivity contribution in [3.63, 3.8) is 0 Å². The van der Waals surface area contributed by atoms with Crippen LogP contribution in [0.3, 0.4) is 0 Å². The van der Waals surface area contributed by atoms with Crippen LogP contribution in [0.1, 0.15) is 11.3 Å². The Morgan fingerprint density at radius 2 is 1.77 bits per heavy atom. The van der Waals surface area contributed by atoms with Crippen molar-refractivity contribution in [3.05, 3.63) is 87.6 Å². The van der Waals surface area contributed by atoms with Crippen molar-refractivity contribution in [1.82, 2.24) is 0 Å². The van der Waals surface area contributed by atoms with Gasteiger partial charge in [0.15, 0.2) is 0 Å². The van der Waals surface area contributed by atoms with E-state index >= 15 is 0 Å². The van der Waals surface area contributed by atoms with Crippen molar-refractivity contribution in [1.29, 1.82) is 0 Å². The number of nitrogens with zero attached hydrogens (tertiary/aromatic N) is 1. The lowest BCUT2D eigenvalue weighted by atomic mass is 10.0. The van der Waals surface area contributed by atoms with Gasteiger partial charge in [-0.25, -0.2) is 4.79 Å². The molecule has 3 aromatic rings. The van der Waals surface area contributed by atoms with Crippen molar-refractivity contribution in [2.75, 3.05) is 0 Å². The molecule has 0 unspecified atom stereocenters. The summed E-state index contributed by atoms with van der Waals surface area (Å²) in [5.74, 6) is 0.505. The van der Waals surface area contributed by atoms with Crippen LogP contribution in [0, 0.1) is 0 Å². The normalized spacial score (nSPS) is 15.2. The average molecular weight is 384 g/mol. The number of oxime groups is 1. The summed E-state index contributed by atoms with van der Waals surface area (Å²) in [6.45, 7) is 0. The molecule has 2 heterocycles. The number of furan rings is 1. The van der Waals surface area contributed by atoms with Crippen molar-refractivity contribution in [2.24, 2.45) is 5.16 Å². The van der Waals surface area contributed by atoms with Crippen LogP contribution in [0.25, 0.3) is 17.4 Å². The van der Waals surface area contributed by atoms with E-state index in [2.05, 4.69) is 5.16 Å². The van der Waals surface area contributed by atoms with Gasteiger partial charge in [-0.1, -0.05) is 58.7 Å². The molecule has 0 saturated carbocycles. The van der Waals surface area contributed by atoms with E-state index < -0.39 is 5.97 Å². The molecule has 0 spiro atoms. The summed E-state index contributed by atoms with van der Waals surface area (Å²) in [5.41, 5.74) is 2.26. The first-order valence-corrected chi connectivity index (χ1v) is 8.49. The van der Waals surface area contributed by atoms with E-state index in [-0.39, 0.29) is 0 Å². The molecule has 0 atom stereocenters. The van der Waals surface area contributed by atoms with E-state index in [0.29, 0.717) is 38.4 Å². The molecule has 0 amide bonds. The van der Waals surface area contributed by atoms with Crippen LogP contribution < -0.4 is 0 Å². The molecule has 128 valence electrons. The van der Waals surface area contributed by atoms with Crippen molar-refractivity contribution in [2.45, 2.75) is 0 Å². The minimum atomic E-state index is -0.525. The van der Waals surface area contributed by atoms with Crippen LogP contribution in [0.4, 0.5) is 0 Å². The van der Waals surface area contributed by atoms with Gasteiger partial charge >= 0.3 is 5.97 Å². The van der Waals surface area contributed by atoms with Crippen LogP contribution in [-0.4, -0.2) is 11.7 Å². The van der Waals surface area contributed by atoms with Gasteiger partial charge in [0, 0.05) is 16.1 Å². The van der Waals surface area contributed by atoms with Crippen LogP contribution >= 0.6 is 23.2 Å². The van der Waals surface area contributed by atoms with Crippen molar-refractivity contribution < 1.29 is 14.0 Å². The van der Waals surface area contributed by atoms with Crippen LogP contribution in [0.5, 0.6) is 0 Å². The number of hydrogen-bond acceptors (Lipinski definition) is 4. The first-order valence-electron chi connectivity index (χ1n) is 7.74. The lowest BCUT2D eigenvalue weighted by Gasteiger charge is -2.01. The highest BCUT2D eigenvalue weighted by atomic mass is 35.5. The Balaban J connectivity index is 1.70. The topological polar surface area (TPSA) is 51.8 Å². The van der Waals surface area contributed by atoms with Gasteiger partial charge in [0.1, 0.15) is 17.2 Å². The molecule has 26 heavy (non-hydrogen) atoms. The predicted molar refractivity (Wildman–Crippen MR) is 101 cm³/mol. The van der Waals surface area contributed by atoms with Crippen LogP contribution in [0.2, 0.25) is 10.0 Å². The highest BCUT2D eigenvalue weighted by Crippen LogP contribution is 2.32. The molecule has 0 saturated heterocycles. The number of halogens is 2. The zero-order valence-electron chi connectivity index (χ0n) is 13.3. The fourth-order valence-electron chi connectivity index (χ4n) is 2.62. The van der Waals surface area contributed by atoms with Gasteiger partial charge in [-0.2, -0.15) is 0 Å². The summed E-state index contributed by atoms with van der Waals surface area (Å²) in [6, 6.07) is 18.0. The summed E-state index contributed by atoms with van der Waals surface area (Å²) in [5, 5.41) is 4.95. The number of benzene rings is 2. The van der Waals surface area contributed by atoms with E-state index in [4.69, 9.17) is 32.5 Å². The molecule has 0 bridgehead atoms. The van der Waals surface area contributed by atoms with E-state index in [1.54, 1.807) is 36.4 Å². The minimum Gasteiger partial charge on any atom is -0.457 e. The van der Waals surface area contributed by atoms with E-state index in [1.165, 1.54) is 0 Å². The number of carbonyl (C=O) groups is 1. The summed E-state index contributed by atoms with van der Waals surface area (Å²) in [6.07, 6.45) is 1.60. The first-order chi connectivity index (χ1) is 12.6. The quantitative estimate of drug-likeness (QED) is 0.436. The molecule has 6 heteroatoms. The fraction of sp³-hybridized carbons (Fsp3) is 0. The SMILES string of the molecule is O=C1ON=C(c2ccccc2)/C1=C/c1ccc(-c2cc(Cl)ccc2Cl)o1. The van der Waals surface area contributed by atoms with E-state index in [0.717, 1.165) is 5.56 Å². The summed E-state index contributed by atoms with van der Waals surface area (Å²) in [4.78, 5) is 16.9. The Kier molecular flexibility index (Phi) is 4.37. The predicted octanol–water partition coefficient (Wildman–Crippen LogP) is 5.60. The maximum Gasteiger partial charge on any atom is 0.368 e. The molecule has 1 aliphatic rings. The maximum atomic E-state index is 12.1. The molecule has 4 rings (SSSR count). The van der Waals surface area contributed by atoms with Gasteiger partial charge in [-0.15, -0.1) is 0 Å². The molecule has 0 aliphatic carbocycles. The molecular formula is C20H11Cl2NO3. The molecule has 0 fully saturated rings. The van der Waals surface area contributed by atoms with Gasteiger partial charge in [0.05, 0.1) is 10.6 Å². The Hall–Kier alpha value is -2.82. The first kappa shape index (κ1) is 16.6. The fourth-order valence-corrected chi connectivity index (χ4v) is 3.00. The molecular weight excluding hydrogens is 373 g/mol. The number of rotatable bonds is 3. The summed E-state index contributed by atoms with van der Waals surface area (Å²) in [7, 11) is 0. The van der Waals surface area contributed by atoms with Crippen molar-refractivity contribution in [3.8, 4) is 11.3 Å². The standard InChI is InChI=1S/C20H11Cl2NO3/c21-13-6-8-17(22)15(10-13)18-9-7-14(25-18)11-16-19(23-26-20(16)24)12-4-2-1-3-5-12/h1-11H/b16-11-. The lowest BCUT2D eigenvalue weighted by molar-refractivity contribution is -0.136. The third-order valence-corrected chi connectivity index (χ3v) is 4.41. The van der Waals surface area contributed by atoms with E-state index in [1.807, 2.05) is 30.3 Å². The van der Waals surface area contributed by atoms with Gasteiger partial charge in [0.2, 0.25) is 0 Å². The van der Waals surface area contributed by atoms with Gasteiger partial charge in [-0.05, 0) is 36.4 Å². The molecule has 4 nitrogen and oxygen atoms in total. The second-order valence-corrected chi connectivity index (χ2v) is 6.41. The third kappa shape index (κ3) is 3.17. The molecule has 0 radical (unpaired) electrons. The molecule has 1 aromatic heterocycles. The second kappa shape index (κ2) is 6.83. The zero-order valence-corrected chi connectivity index (χ0v) is 14.8. The smallest absolute Gasteiger partial charge is 0.368 e. The Bertz CT molecular complexity index is 1050. The minimum absolute atomic E-state index is 0.328. The van der Waals surface area contributed by atoms with E-state index in [9.17, 15) is 4.79 Å². The molecule has 0 N–H and O–H groups in total. The maximum absolute atomic E-state index is 12.1. The Morgan fingerprint density at radius 3 is 2.58 bits per heavy atom. The summed E-state index contributed by atoms with van der Waals surface area (Å²) < 4.78 is 5.82. The number of carbonyl (C=O) groups excluding carboxylic acids is 1. The number of hydrogen-bond donors (Lipinski definition) is 0. The highest BCUT2D eigenvalue weighted by molar-refractivity contribution is 6.35.